The normalized spacial score (nSPS) is 30.3. The third kappa shape index (κ3) is 2.12. The average Bonchev–Trinajstić information content (AvgIpc) is 2.12. The monoisotopic (exact) mass is 186 g/mol. The van der Waals surface area contributed by atoms with E-state index in [4.69, 9.17) is 4.74 Å². The van der Waals surface area contributed by atoms with Crippen molar-refractivity contribution >= 4 is 6.09 Å². The number of ether oxygens (including phenoxy) is 1. The molecule has 0 spiro atoms. The SMILES string of the molecule is COC(=O)N1C[C@@H](C)N(C)[C@@H](C)C1. The highest BCUT2D eigenvalue weighted by atomic mass is 16.5. The number of likely N-dealkylation sites (N-methyl/N-ethyl adjacent to an activating group) is 1. The lowest BCUT2D eigenvalue weighted by atomic mass is 10.1. The van der Waals surface area contributed by atoms with E-state index in [-0.39, 0.29) is 6.09 Å². The number of amides is 1. The highest BCUT2D eigenvalue weighted by Gasteiger charge is 2.29. The Bertz CT molecular complexity index is 184. The third-order valence-corrected chi connectivity index (χ3v) is 2.79. The van der Waals surface area contributed by atoms with Crippen molar-refractivity contribution in [1.82, 2.24) is 9.80 Å². The molecule has 0 unspecified atom stereocenters. The minimum atomic E-state index is -0.216. The van der Waals surface area contributed by atoms with Crippen molar-refractivity contribution in [2.45, 2.75) is 25.9 Å². The van der Waals surface area contributed by atoms with Crippen molar-refractivity contribution < 1.29 is 9.53 Å². The molecule has 0 radical (unpaired) electrons. The van der Waals surface area contributed by atoms with Crippen LogP contribution in [-0.4, -0.2) is 55.2 Å². The van der Waals surface area contributed by atoms with E-state index in [1.165, 1.54) is 7.11 Å². The zero-order valence-electron chi connectivity index (χ0n) is 8.78. The molecule has 0 aromatic rings. The van der Waals surface area contributed by atoms with Gasteiger partial charge in [-0.25, -0.2) is 4.79 Å². The fourth-order valence-corrected chi connectivity index (χ4v) is 1.68. The van der Waals surface area contributed by atoms with Crippen LogP contribution in [0.15, 0.2) is 0 Å². The maximum absolute atomic E-state index is 11.2. The van der Waals surface area contributed by atoms with Crippen LogP contribution in [0, 0.1) is 0 Å². The van der Waals surface area contributed by atoms with Crippen LogP contribution in [0.1, 0.15) is 13.8 Å². The molecular formula is C9H18N2O2. The quantitative estimate of drug-likeness (QED) is 0.560. The Balaban J connectivity index is 2.58. The minimum Gasteiger partial charge on any atom is -0.453 e. The van der Waals surface area contributed by atoms with Crippen LogP contribution in [0.25, 0.3) is 0 Å². The van der Waals surface area contributed by atoms with Crippen LogP contribution in [0.4, 0.5) is 4.79 Å². The van der Waals surface area contributed by atoms with Crippen LogP contribution in [0.2, 0.25) is 0 Å². The van der Waals surface area contributed by atoms with Gasteiger partial charge < -0.3 is 9.64 Å². The predicted octanol–water partition coefficient (Wildman–Crippen LogP) is 0.777. The molecule has 4 nitrogen and oxygen atoms in total. The van der Waals surface area contributed by atoms with Crippen molar-refractivity contribution in [3.05, 3.63) is 0 Å². The van der Waals surface area contributed by atoms with Gasteiger partial charge in [0.05, 0.1) is 7.11 Å². The van der Waals surface area contributed by atoms with E-state index in [1.54, 1.807) is 4.90 Å². The van der Waals surface area contributed by atoms with Gasteiger partial charge in [-0.05, 0) is 20.9 Å². The summed E-state index contributed by atoms with van der Waals surface area (Å²) in [6, 6.07) is 0.811. The fourth-order valence-electron chi connectivity index (χ4n) is 1.68. The zero-order chi connectivity index (χ0) is 10.0. The lowest BCUT2D eigenvalue weighted by Crippen LogP contribution is -2.56. The second kappa shape index (κ2) is 3.96. The van der Waals surface area contributed by atoms with E-state index < -0.39 is 0 Å². The Morgan fingerprint density at radius 2 is 1.77 bits per heavy atom. The molecule has 1 heterocycles. The number of nitrogens with zero attached hydrogens (tertiary/aromatic N) is 2. The van der Waals surface area contributed by atoms with Gasteiger partial charge in [0, 0.05) is 25.2 Å². The summed E-state index contributed by atoms with van der Waals surface area (Å²) in [6.07, 6.45) is -0.216. The maximum atomic E-state index is 11.2. The Morgan fingerprint density at radius 3 is 2.15 bits per heavy atom. The first-order valence-corrected chi connectivity index (χ1v) is 4.61. The summed E-state index contributed by atoms with van der Waals surface area (Å²) in [7, 11) is 3.51. The standard InChI is InChI=1S/C9H18N2O2/c1-7-5-11(9(12)13-4)6-8(2)10(7)3/h7-8H,5-6H2,1-4H3/t7-,8+. The Kier molecular flexibility index (Phi) is 3.14. The van der Waals surface area contributed by atoms with Crippen molar-refractivity contribution in [2.75, 3.05) is 27.2 Å². The van der Waals surface area contributed by atoms with Crippen molar-refractivity contribution in [2.24, 2.45) is 0 Å². The van der Waals surface area contributed by atoms with Gasteiger partial charge in [0.25, 0.3) is 0 Å². The van der Waals surface area contributed by atoms with E-state index >= 15 is 0 Å². The van der Waals surface area contributed by atoms with Gasteiger partial charge in [0.1, 0.15) is 0 Å². The van der Waals surface area contributed by atoms with E-state index in [9.17, 15) is 4.79 Å². The summed E-state index contributed by atoms with van der Waals surface area (Å²) in [5.41, 5.74) is 0. The van der Waals surface area contributed by atoms with E-state index in [2.05, 4.69) is 25.8 Å². The van der Waals surface area contributed by atoms with Gasteiger partial charge in [-0.15, -0.1) is 0 Å². The van der Waals surface area contributed by atoms with Crippen molar-refractivity contribution in [3.63, 3.8) is 0 Å². The lowest BCUT2D eigenvalue weighted by molar-refractivity contribution is 0.0495. The molecule has 1 saturated heterocycles. The van der Waals surface area contributed by atoms with Gasteiger partial charge in [-0.2, -0.15) is 0 Å². The summed E-state index contributed by atoms with van der Waals surface area (Å²) >= 11 is 0. The lowest BCUT2D eigenvalue weighted by Gasteiger charge is -2.41. The second-order valence-corrected chi connectivity index (χ2v) is 3.74. The molecule has 13 heavy (non-hydrogen) atoms. The van der Waals surface area contributed by atoms with Crippen LogP contribution in [-0.2, 0) is 4.74 Å². The molecular weight excluding hydrogens is 168 g/mol. The first-order valence-electron chi connectivity index (χ1n) is 4.61. The first kappa shape index (κ1) is 10.3. The number of rotatable bonds is 0. The number of piperazine rings is 1. The molecule has 0 aliphatic carbocycles. The summed E-state index contributed by atoms with van der Waals surface area (Å²) in [6.45, 7) is 5.75. The Hall–Kier alpha value is -0.770. The summed E-state index contributed by atoms with van der Waals surface area (Å²) in [5, 5.41) is 0. The number of hydrogen-bond donors (Lipinski definition) is 0. The topological polar surface area (TPSA) is 32.8 Å². The molecule has 76 valence electrons. The summed E-state index contributed by atoms with van der Waals surface area (Å²) in [5.74, 6) is 0. The third-order valence-electron chi connectivity index (χ3n) is 2.79. The molecule has 0 saturated carbocycles. The Morgan fingerprint density at radius 1 is 1.31 bits per heavy atom. The summed E-state index contributed by atoms with van der Waals surface area (Å²) < 4.78 is 4.69. The maximum Gasteiger partial charge on any atom is 0.409 e. The van der Waals surface area contributed by atoms with Gasteiger partial charge >= 0.3 is 6.09 Å². The van der Waals surface area contributed by atoms with Gasteiger partial charge in [0.15, 0.2) is 0 Å². The van der Waals surface area contributed by atoms with Crippen LogP contribution in [0.5, 0.6) is 0 Å². The van der Waals surface area contributed by atoms with E-state index in [1.807, 2.05) is 0 Å². The highest BCUT2D eigenvalue weighted by Crippen LogP contribution is 2.13. The molecule has 0 aromatic heterocycles. The van der Waals surface area contributed by atoms with Gasteiger partial charge in [-0.1, -0.05) is 0 Å². The van der Waals surface area contributed by atoms with Crippen molar-refractivity contribution in [3.8, 4) is 0 Å². The molecule has 4 heteroatoms. The van der Waals surface area contributed by atoms with E-state index in [0.717, 1.165) is 13.1 Å². The molecule has 1 fully saturated rings. The first-order chi connectivity index (χ1) is 6.06. The molecule has 2 atom stereocenters. The smallest absolute Gasteiger partial charge is 0.409 e. The number of carbonyl (C=O) groups excluding carboxylic acids is 1. The van der Waals surface area contributed by atoms with E-state index in [0.29, 0.717) is 12.1 Å². The van der Waals surface area contributed by atoms with Crippen molar-refractivity contribution in [1.29, 1.82) is 0 Å². The molecule has 0 aromatic carbocycles. The highest BCUT2D eigenvalue weighted by molar-refractivity contribution is 5.67. The molecule has 1 aliphatic rings. The molecule has 0 N–H and O–H groups in total. The predicted molar refractivity (Wildman–Crippen MR) is 50.7 cm³/mol. The molecule has 0 bridgehead atoms. The molecule has 1 aliphatic heterocycles. The number of hydrogen-bond acceptors (Lipinski definition) is 3. The molecule has 1 rings (SSSR count). The minimum absolute atomic E-state index is 0.216. The average molecular weight is 186 g/mol. The van der Waals surface area contributed by atoms with Gasteiger partial charge in [-0.3, -0.25) is 4.90 Å². The number of methoxy groups -OCH3 is 1. The van der Waals surface area contributed by atoms with Crippen LogP contribution >= 0.6 is 0 Å². The Labute approximate surface area is 79.4 Å². The van der Waals surface area contributed by atoms with Crippen LogP contribution in [0.3, 0.4) is 0 Å². The zero-order valence-corrected chi connectivity index (χ0v) is 8.78. The summed E-state index contributed by atoms with van der Waals surface area (Å²) in [4.78, 5) is 15.3. The van der Waals surface area contributed by atoms with Crippen LogP contribution < -0.4 is 0 Å². The van der Waals surface area contributed by atoms with Gasteiger partial charge in [0.2, 0.25) is 0 Å². The molecule has 1 amide bonds. The fraction of sp³-hybridized carbons (Fsp3) is 0.889. The largest absolute Gasteiger partial charge is 0.453 e. The second-order valence-electron chi connectivity index (χ2n) is 3.74. The number of carbonyl (C=O) groups is 1.